The van der Waals surface area contributed by atoms with Crippen LogP contribution < -0.4 is 10.6 Å². The van der Waals surface area contributed by atoms with Crippen molar-refractivity contribution in [3.63, 3.8) is 0 Å². The van der Waals surface area contributed by atoms with Gasteiger partial charge in [-0.25, -0.2) is 9.97 Å². The molecule has 3 aromatic rings. The molecule has 23 heavy (non-hydrogen) atoms. The minimum absolute atomic E-state index is 0.586. The number of nitrogens with one attached hydrogen (secondary N) is 2. The Morgan fingerprint density at radius 1 is 0.826 bits per heavy atom. The van der Waals surface area contributed by atoms with E-state index < -0.39 is 0 Å². The predicted molar refractivity (Wildman–Crippen MR) is 95.5 cm³/mol. The van der Waals surface area contributed by atoms with Gasteiger partial charge in [-0.2, -0.15) is 0 Å². The Balaban J connectivity index is 1.70. The molecule has 0 aliphatic rings. The second-order valence-corrected chi connectivity index (χ2v) is 5.65. The summed E-state index contributed by atoms with van der Waals surface area (Å²) in [5.41, 5.74) is 1.80. The largest absolute Gasteiger partial charge is 0.366 e. The molecule has 0 aliphatic heterocycles. The summed E-state index contributed by atoms with van der Waals surface area (Å²) in [6, 6.07) is 17.0. The van der Waals surface area contributed by atoms with Crippen molar-refractivity contribution in [3.8, 4) is 0 Å². The van der Waals surface area contributed by atoms with Crippen LogP contribution in [0.15, 0.2) is 60.9 Å². The second kappa shape index (κ2) is 7.31. The molecule has 0 atom stereocenters. The van der Waals surface area contributed by atoms with Gasteiger partial charge in [-0.1, -0.05) is 53.5 Å². The van der Waals surface area contributed by atoms with Gasteiger partial charge in [0.2, 0.25) is 0 Å². The highest BCUT2D eigenvalue weighted by Gasteiger charge is 2.04. The number of halogens is 2. The van der Waals surface area contributed by atoms with Crippen molar-refractivity contribution >= 4 is 40.5 Å². The molecule has 0 amide bonds. The van der Waals surface area contributed by atoms with Gasteiger partial charge < -0.3 is 10.6 Å². The lowest BCUT2D eigenvalue weighted by Gasteiger charge is -2.10. The molecule has 0 spiro atoms. The molecule has 4 nitrogen and oxygen atoms in total. The number of hydrogen-bond donors (Lipinski definition) is 2. The van der Waals surface area contributed by atoms with Gasteiger partial charge in [0.05, 0.1) is 10.7 Å². The molecule has 0 fully saturated rings. The maximum atomic E-state index is 6.15. The highest BCUT2D eigenvalue weighted by atomic mass is 35.5. The number of para-hydroxylation sites is 1. The molecule has 3 rings (SSSR count). The summed E-state index contributed by atoms with van der Waals surface area (Å²) in [5, 5.41) is 7.77. The lowest BCUT2D eigenvalue weighted by molar-refractivity contribution is 1.08. The second-order valence-electron chi connectivity index (χ2n) is 4.84. The summed E-state index contributed by atoms with van der Waals surface area (Å²) in [6.07, 6.45) is 1.49. The van der Waals surface area contributed by atoms with Crippen molar-refractivity contribution in [2.75, 3.05) is 10.6 Å². The Bertz CT molecular complexity index is 808. The molecular weight excluding hydrogens is 331 g/mol. The average molecular weight is 345 g/mol. The smallest absolute Gasteiger partial charge is 0.135 e. The van der Waals surface area contributed by atoms with Crippen LogP contribution in [0.25, 0.3) is 0 Å². The van der Waals surface area contributed by atoms with E-state index >= 15 is 0 Å². The molecule has 2 aromatic carbocycles. The highest BCUT2D eigenvalue weighted by Crippen LogP contribution is 2.24. The average Bonchev–Trinajstić information content (AvgIpc) is 2.57. The SMILES string of the molecule is Clc1ccccc1CNc1cc(Nc2ccccc2Cl)ncn1. The number of anilines is 3. The van der Waals surface area contributed by atoms with Gasteiger partial charge in [0.25, 0.3) is 0 Å². The summed E-state index contributed by atoms with van der Waals surface area (Å²) in [4.78, 5) is 8.41. The van der Waals surface area contributed by atoms with E-state index in [9.17, 15) is 0 Å². The van der Waals surface area contributed by atoms with Gasteiger partial charge in [-0.05, 0) is 23.8 Å². The fraction of sp³-hybridized carbons (Fsp3) is 0.0588. The van der Waals surface area contributed by atoms with E-state index in [0.29, 0.717) is 23.2 Å². The van der Waals surface area contributed by atoms with Crippen LogP contribution in [-0.2, 0) is 6.54 Å². The fourth-order valence-electron chi connectivity index (χ4n) is 2.05. The minimum Gasteiger partial charge on any atom is -0.366 e. The predicted octanol–water partition coefficient (Wildman–Crippen LogP) is 5.14. The lowest BCUT2D eigenvalue weighted by Crippen LogP contribution is -2.03. The molecule has 0 saturated carbocycles. The lowest BCUT2D eigenvalue weighted by atomic mass is 10.2. The first-order chi connectivity index (χ1) is 11.2. The first kappa shape index (κ1) is 15.6. The molecule has 0 saturated heterocycles. The van der Waals surface area contributed by atoms with Gasteiger partial charge in [0, 0.05) is 17.6 Å². The Kier molecular flexibility index (Phi) is 4.95. The van der Waals surface area contributed by atoms with Crippen molar-refractivity contribution in [1.29, 1.82) is 0 Å². The van der Waals surface area contributed by atoms with Gasteiger partial charge >= 0.3 is 0 Å². The van der Waals surface area contributed by atoms with Crippen molar-refractivity contribution in [2.45, 2.75) is 6.54 Å². The Morgan fingerprint density at radius 3 is 2.30 bits per heavy atom. The normalized spacial score (nSPS) is 10.3. The van der Waals surface area contributed by atoms with E-state index in [1.54, 1.807) is 0 Å². The number of nitrogens with zero attached hydrogens (tertiary/aromatic N) is 2. The zero-order valence-electron chi connectivity index (χ0n) is 12.1. The van der Waals surface area contributed by atoms with E-state index in [1.165, 1.54) is 6.33 Å². The third-order valence-corrected chi connectivity index (χ3v) is 3.92. The summed E-state index contributed by atoms with van der Waals surface area (Å²) in [6.45, 7) is 0.586. The van der Waals surface area contributed by atoms with Crippen LogP contribution in [0.1, 0.15) is 5.56 Å². The van der Waals surface area contributed by atoms with E-state index in [-0.39, 0.29) is 0 Å². The van der Waals surface area contributed by atoms with Crippen LogP contribution in [0.4, 0.5) is 17.3 Å². The molecule has 1 aromatic heterocycles. The van der Waals surface area contributed by atoms with Gasteiger partial charge in [0.15, 0.2) is 0 Å². The first-order valence-corrected chi connectivity index (χ1v) is 7.79. The maximum Gasteiger partial charge on any atom is 0.135 e. The first-order valence-electron chi connectivity index (χ1n) is 7.03. The molecule has 0 bridgehead atoms. The number of rotatable bonds is 5. The monoisotopic (exact) mass is 344 g/mol. The Hall–Kier alpha value is -2.30. The van der Waals surface area contributed by atoms with Crippen molar-refractivity contribution in [2.24, 2.45) is 0 Å². The third kappa shape index (κ3) is 4.12. The summed E-state index contributed by atoms with van der Waals surface area (Å²) in [5.74, 6) is 1.37. The van der Waals surface area contributed by atoms with Gasteiger partial charge in [0.1, 0.15) is 18.0 Å². The zero-order chi connectivity index (χ0) is 16.1. The van der Waals surface area contributed by atoms with Crippen LogP contribution in [0.2, 0.25) is 10.0 Å². The van der Waals surface area contributed by atoms with Crippen LogP contribution in [0.3, 0.4) is 0 Å². The van der Waals surface area contributed by atoms with Crippen molar-refractivity contribution < 1.29 is 0 Å². The molecule has 0 unspecified atom stereocenters. The molecule has 116 valence electrons. The Labute approximate surface area is 144 Å². The van der Waals surface area contributed by atoms with Gasteiger partial charge in [-0.3, -0.25) is 0 Å². The maximum absolute atomic E-state index is 6.15. The van der Waals surface area contributed by atoms with Crippen molar-refractivity contribution in [1.82, 2.24) is 9.97 Å². The number of aromatic nitrogens is 2. The van der Waals surface area contributed by atoms with E-state index in [1.807, 2.05) is 54.6 Å². The highest BCUT2D eigenvalue weighted by molar-refractivity contribution is 6.33. The van der Waals surface area contributed by atoms with E-state index in [2.05, 4.69) is 20.6 Å². The Morgan fingerprint density at radius 2 is 1.52 bits per heavy atom. The van der Waals surface area contributed by atoms with E-state index in [4.69, 9.17) is 23.2 Å². The van der Waals surface area contributed by atoms with Crippen LogP contribution in [-0.4, -0.2) is 9.97 Å². The fourth-order valence-corrected chi connectivity index (χ4v) is 2.44. The van der Waals surface area contributed by atoms with Crippen LogP contribution in [0.5, 0.6) is 0 Å². The summed E-state index contributed by atoms with van der Waals surface area (Å²) >= 11 is 12.3. The van der Waals surface area contributed by atoms with Crippen LogP contribution >= 0.6 is 23.2 Å². The summed E-state index contributed by atoms with van der Waals surface area (Å²) < 4.78 is 0. The van der Waals surface area contributed by atoms with Crippen molar-refractivity contribution in [3.05, 3.63) is 76.5 Å². The molecule has 0 aliphatic carbocycles. The third-order valence-electron chi connectivity index (χ3n) is 3.22. The molecule has 0 radical (unpaired) electrons. The molecular formula is C17H14Cl2N4. The summed E-state index contributed by atoms with van der Waals surface area (Å²) in [7, 11) is 0. The zero-order valence-corrected chi connectivity index (χ0v) is 13.6. The quantitative estimate of drug-likeness (QED) is 0.672. The molecule has 2 N–H and O–H groups in total. The molecule has 6 heteroatoms. The van der Waals surface area contributed by atoms with Crippen LogP contribution in [0, 0.1) is 0 Å². The number of benzene rings is 2. The number of hydrogen-bond acceptors (Lipinski definition) is 4. The topological polar surface area (TPSA) is 49.8 Å². The minimum atomic E-state index is 0.586. The standard InChI is InChI=1S/C17H14Cl2N4/c18-13-6-2-1-5-12(13)10-20-16-9-17(22-11-21-16)23-15-8-4-3-7-14(15)19/h1-9,11H,10H2,(H2,20,21,22,23). The molecule has 1 heterocycles. The van der Waals surface area contributed by atoms with Gasteiger partial charge in [-0.15, -0.1) is 0 Å². The van der Waals surface area contributed by atoms with E-state index in [0.717, 1.165) is 16.3 Å².